The number of hydrogen-bond acceptors (Lipinski definition) is 11. The monoisotopic (exact) mass is 1010 g/mol. The summed E-state index contributed by atoms with van der Waals surface area (Å²) in [6, 6.07) is -0.451. The Balaban J connectivity index is 0.0000116. The van der Waals surface area contributed by atoms with E-state index in [1.54, 1.807) is 34.1 Å². The van der Waals surface area contributed by atoms with Crippen molar-refractivity contribution in [3.05, 3.63) is 53.7 Å². The molecule has 3 heterocycles. The number of esters is 1. The third-order valence-electron chi connectivity index (χ3n) is 14.8. The molecule has 1 aliphatic carbocycles. The molecule has 2 unspecified atom stereocenters. The van der Waals surface area contributed by atoms with Crippen LogP contribution in [0.2, 0.25) is 0 Å². The van der Waals surface area contributed by atoms with E-state index in [0.29, 0.717) is 62.2 Å². The van der Waals surface area contributed by atoms with E-state index in [-0.39, 0.29) is 86.7 Å². The first-order chi connectivity index (χ1) is 31.1. The molecule has 4 rings (SSSR count). The first-order valence-electron chi connectivity index (χ1n) is 25.1. The summed E-state index contributed by atoms with van der Waals surface area (Å²) < 4.78 is 30.0. The normalized spacial score (nSPS) is 37.0. The Kier molecular flexibility index (Phi) is 26.1. The number of hydrogen-bond donors (Lipinski definition) is 1. The second kappa shape index (κ2) is 29.7. The van der Waals surface area contributed by atoms with Gasteiger partial charge in [0.1, 0.15) is 30.1 Å². The minimum absolute atomic E-state index is 0. The Morgan fingerprint density at radius 2 is 1.56 bits per heavy atom. The molecule has 66 heavy (non-hydrogen) atoms. The van der Waals surface area contributed by atoms with Crippen LogP contribution in [0, 0.1) is 47.5 Å². The van der Waals surface area contributed by atoms with E-state index < -0.39 is 30.3 Å². The molecule has 12 heteroatoms. The van der Waals surface area contributed by atoms with E-state index in [1.165, 1.54) is 7.11 Å². The van der Waals surface area contributed by atoms with Gasteiger partial charge in [0.05, 0.1) is 6.10 Å². The fourth-order valence-corrected chi connectivity index (χ4v) is 10.8. The van der Waals surface area contributed by atoms with E-state index in [9.17, 15) is 24.3 Å². The van der Waals surface area contributed by atoms with Crippen molar-refractivity contribution in [2.45, 2.75) is 181 Å². The zero-order valence-corrected chi connectivity index (χ0v) is 44.2. The van der Waals surface area contributed by atoms with Crippen LogP contribution in [0.25, 0.3) is 0 Å². The van der Waals surface area contributed by atoms with Crippen molar-refractivity contribution in [1.29, 1.82) is 0 Å². The molecule has 0 spiro atoms. The van der Waals surface area contributed by atoms with Crippen molar-refractivity contribution < 1.29 is 69.0 Å². The molecular formula is C54H86MoNO10-. The number of ether oxygens (including phenoxy) is 5. The second-order valence-electron chi connectivity index (χ2n) is 20.3. The van der Waals surface area contributed by atoms with Crippen molar-refractivity contribution in [3.63, 3.8) is 0 Å². The number of fused-ring (bicyclic) bond motifs is 3. The number of nitrogens with zero attached hydrogens (tertiary/aromatic N) is 1. The van der Waals surface area contributed by atoms with Gasteiger partial charge in [-0.3, -0.25) is 19.3 Å². The second-order valence-corrected chi connectivity index (χ2v) is 20.3. The molecule has 374 valence electrons. The zero-order chi connectivity index (χ0) is 47.6. The van der Waals surface area contributed by atoms with Gasteiger partial charge in [0.15, 0.2) is 5.78 Å². The molecule has 1 saturated carbocycles. The summed E-state index contributed by atoms with van der Waals surface area (Å²) in [6.07, 6.45) is 20.8. The van der Waals surface area contributed by atoms with Crippen molar-refractivity contribution in [2.75, 3.05) is 41.0 Å². The largest absolute Gasteiger partial charge is 0.520 e. The summed E-state index contributed by atoms with van der Waals surface area (Å²) in [5, 5.41) is 11.5. The molecule has 4 aliphatic rings. The van der Waals surface area contributed by atoms with Gasteiger partial charge >= 0.3 is 5.97 Å². The number of carbonyl (C=O) groups excluding carboxylic acids is 4. The van der Waals surface area contributed by atoms with Gasteiger partial charge in [-0.25, -0.2) is 0 Å². The third-order valence-corrected chi connectivity index (χ3v) is 14.8. The molecule has 2 saturated heterocycles. The molecule has 3 aliphatic heterocycles. The average molecular weight is 1010 g/mol. The molecule has 0 aromatic rings. The standard InChI is InChI=1S/C54H86NO10.Mo/c1-35-18-12-11-13-19-36(2)48(62-9)32-44-25-24-37(3)52(64-44)46(56)23-17-27-55-26-15-14-22-45(55)54(60)65-49(39(5)30-42-20-16-21-43(31-42)34-61-8)33-47(57)38(4)29-41(7)51(59)53(63-10)50(58)40(6)28-35;/h11-13,18-19,29,35,37-40,42-45,48-49,51,53,59H,14-17,20-28,30-34H2,1-10H3;/q-1;/b13-11+,18-12+,36-19+,41-29+;/t35-,37-,38-,39-,40-,42+,43?,44+,45?,48+,49+,51-,53+;/m1./s1. The average Bonchev–Trinajstić information content (AvgIpc) is 3.28. The Hall–Kier alpha value is -2.24. The van der Waals surface area contributed by atoms with Gasteiger partial charge in [-0.15, -0.1) is 5.92 Å². The van der Waals surface area contributed by atoms with Crippen LogP contribution in [0.3, 0.4) is 0 Å². The van der Waals surface area contributed by atoms with E-state index in [1.807, 2.05) is 38.2 Å². The maximum atomic E-state index is 14.3. The molecule has 11 nitrogen and oxygen atoms in total. The number of ketones is 3. The van der Waals surface area contributed by atoms with E-state index in [0.717, 1.165) is 76.5 Å². The third kappa shape index (κ3) is 17.9. The predicted octanol–water partition coefficient (Wildman–Crippen LogP) is 9.55. The number of Topliss-reactive ketones (excluding diaryl/α,β-unsaturated/α-hetero) is 3. The Labute approximate surface area is 412 Å². The first kappa shape index (κ1) is 58.1. The molecule has 3 fully saturated rings. The summed E-state index contributed by atoms with van der Waals surface area (Å²) in [7, 11) is 4.89. The Morgan fingerprint density at radius 3 is 2.27 bits per heavy atom. The number of carbonyl (C=O) groups is 4. The van der Waals surface area contributed by atoms with Crippen LogP contribution >= 0.6 is 0 Å². The van der Waals surface area contributed by atoms with Crippen molar-refractivity contribution in [1.82, 2.24) is 4.90 Å². The van der Waals surface area contributed by atoms with Gasteiger partial charge < -0.3 is 33.6 Å². The van der Waals surface area contributed by atoms with E-state index in [4.69, 9.17) is 23.7 Å². The van der Waals surface area contributed by atoms with Crippen LogP contribution < -0.4 is 0 Å². The van der Waals surface area contributed by atoms with Gasteiger partial charge in [0, 0.05) is 85.6 Å². The van der Waals surface area contributed by atoms with Crippen LogP contribution in [0.5, 0.6) is 0 Å². The maximum absolute atomic E-state index is 14.3. The quantitative estimate of drug-likeness (QED) is 0.113. The van der Waals surface area contributed by atoms with Crippen molar-refractivity contribution in [3.8, 4) is 0 Å². The van der Waals surface area contributed by atoms with Gasteiger partial charge in [-0.1, -0.05) is 96.8 Å². The fourth-order valence-electron chi connectivity index (χ4n) is 10.8. The molecule has 0 aromatic heterocycles. The topological polar surface area (TPSA) is 138 Å². The Bertz CT molecular complexity index is 1640. The first-order valence-corrected chi connectivity index (χ1v) is 25.1. The van der Waals surface area contributed by atoms with Gasteiger partial charge in [0.2, 0.25) is 0 Å². The summed E-state index contributed by atoms with van der Waals surface area (Å²) in [5.74, 6) is -0.536. The smallest absolute Gasteiger partial charge is 0.323 e. The fraction of sp³-hybridized carbons (Fsp3) is 0.759. The number of aliphatic hydroxyl groups is 1. The summed E-state index contributed by atoms with van der Waals surface area (Å²) in [4.78, 5) is 58.1. The molecular weight excluding hydrogens is 919 g/mol. The van der Waals surface area contributed by atoms with Gasteiger partial charge in [-0.2, -0.15) is 6.10 Å². The molecule has 2 bridgehead atoms. The summed E-state index contributed by atoms with van der Waals surface area (Å²) >= 11 is 0. The number of allylic oxidation sites excluding steroid dienone is 6. The van der Waals surface area contributed by atoms with Crippen molar-refractivity contribution >= 4 is 23.3 Å². The zero-order valence-electron chi connectivity index (χ0n) is 42.2. The predicted molar refractivity (Wildman–Crippen MR) is 256 cm³/mol. The van der Waals surface area contributed by atoms with E-state index in [2.05, 4.69) is 31.7 Å². The summed E-state index contributed by atoms with van der Waals surface area (Å²) in [5.41, 5.74) is 1.54. The van der Waals surface area contributed by atoms with Gasteiger partial charge in [0.25, 0.3) is 0 Å². The van der Waals surface area contributed by atoms with Crippen LogP contribution in [-0.4, -0.2) is 111 Å². The SMILES string of the molecule is COCC1CCC[C@@H](C[C@@H](C)[C@@H]2CC(=O)[C@H](C)/C=C(\C)[C@@H](O)[C@@H](OC)C(=O)[C@H](C)C[C@H](C)/C=C/C=C/C=C(\C)[C@@H](OC)C[C@@H]3CC[C@@H](C)[C-](O3)C(=O)CCCN3CCCCC3C(=O)O2)C1.[Mo]. The number of piperidine rings is 1. The Morgan fingerprint density at radius 1 is 0.833 bits per heavy atom. The number of aliphatic hydroxyl groups excluding tert-OH is 1. The summed E-state index contributed by atoms with van der Waals surface area (Å²) in [6.45, 7) is 15.7. The molecule has 13 atom stereocenters. The minimum Gasteiger partial charge on any atom is -0.520 e. The van der Waals surface area contributed by atoms with E-state index >= 15 is 0 Å². The maximum Gasteiger partial charge on any atom is 0.323 e. The minimum atomic E-state index is -1.23. The van der Waals surface area contributed by atoms with Gasteiger partial charge in [-0.05, 0) is 120 Å². The molecule has 0 amide bonds. The van der Waals surface area contributed by atoms with Crippen LogP contribution in [-0.2, 0) is 63.9 Å². The van der Waals surface area contributed by atoms with Crippen molar-refractivity contribution in [2.24, 2.45) is 41.4 Å². The van der Waals surface area contributed by atoms with Crippen LogP contribution in [0.15, 0.2) is 47.6 Å². The number of rotatable bonds is 7. The number of cyclic esters (lactones) is 1. The van der Waals surface area contributed by atoms with Crippen LogP contribution in [0.1, 0.15) is 145 Å². The van der Waals surface area contributed by atoms with Crippen LogP contribution in [0.4, 0.5) is 0 Å². The number of methoxy groups -OCH3 is 3. The molecule has 1 N–H and O–H groups in total. The molecule has 0 aromatic carbocycles. The molecule has 0 radical (unpaired) electrons.